The number of benzene rings is 1. The molecule has 0 aliphatic carbocycles. The average molecular weight is 476 g/mol. The van der Waals surface area contributed by atoms with E-state index in [1.54, 1.807) is 41.6 Å². The van der Waals surface area contributed by atoms with Crippen molar-refractivity contribution in [2.75, 3.05) is 29.9 Å². The van der Waals surface area contributed by atoms with E-state index in [-0.39, 0.29) is 12.5 Å². The fourth-order valence-electron chi connectivity index (χ4n) is 3.08. The minimum absolute atomic E-state index is 0.231. The van der Waals surface area contributed by atoms with Gasteiger partial charge in [-0.05, 0) is 53.4 Å². The first-order valence-electron chi connectivity index (χ1n) is 9.56. The Morgan fingerprint density at radius 1 is 1.10 bits per heavy atom. The topological polar surface area (TPSA) is 114 Å². The van der Waals surface area contributed by atoms with Gasteiger partial charge in [0.05, 0.1) is 12.2 Å². The second kappa shape index (κ2) is 10.7. The second-order valence-corrected chi connectivity index (χ2v) is 7.52. The number of carbonyl (C=O) groups is 3. The maximum atomic E-state index is 12.5. The Morgan fingerprint density at radius 2 is 1.87 bits per heavy atom. The minimum atomic E-state index is -0.552. The van der Waals surface area contributed by atoms with Crippen LogP contribution in [0.1, 0.15) is 19.3 Å². The predicted octanol–water partition coefficient (Wildman–Crippen LogP) is 1.90. The molecule has 158 valence electrons. The van der Waals surface area contributed by atoms with Crippen molar-refractivity contribution >= 4 is 45.3 Å². The largest absolute Gasteiger partial charge is 0.454 e. The molecule has 30 heavy (non-hydrogen) atoms. The number of ether oxygens (including phenoxy) is 1. The zero-order chi connectivity index (χ0) is 21.3. The van der Waals surface area contributed by atoms with Gasteiger partial charge in [0.1, 0.15) is 6.04 Å². The van der Waals surface area contributed by atoms with Crippen molar-refractivity contribution in [2.45, 2.75) is 25.3 Å². The lowest BCUT2D eigenvalue weighted by Gasteiger charge is -2.33. The van der Waals surface area contributed by atoms with Gasteiger partial charge in [-0.1, -0.05) is 12.1 Å². The maximum absolute atomic E-state index is 12.5. The Balaban J connectivity index is 1.45. The highest BCUT2D eigenvalue weighted by Crippen LogP contribution is 2.22. The number of para-hydroxylation sites is 1. The first kappa shape index (κ1) is 21.7. The van der Waals surface area contributed by atoms with Crippen molar-refractivity contribution in [3.63, 3.8) is 0 Å². The summed E-state index contributed by atoms with van der Waals surface area (Å²) in [5.74, 6) is -0.979. The molecule has 1 saturated heterocycles. The smallest absolute Gasteiger partial charge is 0.329 e. The molecule has 2 heterocycles. The third-order valence-electron chi connectivity index (χ3n) is 4.52. The number of anilines is 2. The number of nitrogens with zero attached hydrogens (tertiary/aromatic N) is 3. The first-order valence-corrected chi connectivity index (χ1v) is 10.4. The number of nitrogens with one attached hydrogen (secondary N) is 2. The van der Waals surface area contributed by atoms with Crippen LogP contribution in [0.2, 0.25) is 0 Å². The summed E-state index contributed by atoms with van der Waals surface area (Å²) in [5, 5.41) is 5.12. The summed E-state index contributed by atoms with van der Waals surface area (Å²) in [5.41, 5.74) is 0.601. The van der Waals surface area contributed by atoms with Crippen LogP contribution in [0.5, 0.6) is 0 Å². The maximum Gasteiger partial charge on any atom is 0.329 e. The molecule has 3 rings (SSSR count). The molecule has 2 aromatic rings. The van der Waals surface area contributed by atoms with Crippen molar-refractivity contribution < 1.29 is 19.1 Å². The molecule has 1 aromatic carbocycles. The van der Waals surface area contributed by atoms with Crippen LogP contribution in [0.25, 0.3) is 0 Å². The SMILES string of the molecule is O=C(COC(=O)C1CCCCN1c1ncccn1)NCC(=O)Nc1ccccc1Br. The highest BCUT2D eigenvalue weighted by atomic mass is 79.9. The van der Waals surface area contributed by atoms with Crippen molar-refractivity contribution in [1.29, 1.82) is 0 Å². The third-order valence-corrected chi connectivity index (χ3v) is 5.21. The standard InChI is InChI=1S/C20H22BrN5O4/c21-14-6-1-2-7-15(14)25-17(27)12-24-18(28)13-30-19(29)16-8-3-4-11-26(16)20-22-9-5-10-23-20/h1-2,5-7,9-10,16H,3-4,8,11-13H2,(H,24,28)(H,25,27). The zero-order valence-corrected chi connectivity index (χ0v) is 17.8. The fraction of sp³-hybridized carbons (Fsp3) is 0.350. The monoisotopic (exact) mass is 475 g/mol. The molecule has 1 atom stereocenters. The Kier molecular flexibility index (Phi) is 7.72. The molecule has 1 aliphatic rings. The number of aromatic nitrogens is 2. The van der Waals surface area contributed by atoms with Gasteiger partial charge >= 0.3 is 5.97 Å². The molecule has 0 bridgehead atoms. The highest BCUT2D eigenvalue weighted by molar-refractivity contribution is 9.10. The van der Waals surface area contributed by atoms with Gasteiger partial charge in [-0.3, -0.25) is 9.59 Å². The minimum Gasteiger partial charge on any atom is -0.454 e. The van der Waals surface area contributed by atoms with E-state index in [2.05, 4.69) is 36.5 Å². The number of halogens is 1. The van der Waals surface area contributed by atoms with E-state index >= 15 is 0 Å². The number of esters is 1. The van der Waals surface area contributed by atoms with Crippen molar-refractivity contribution in [3.8, 4) is 0 Å². The van der Waals surface area contributed by atoms with Crippen LogP contribution >= 0.6 is 15.9 Å². The summed E-state index contributed by atoms with van der Waals surface area (Å²) < 4.78 is 5.91. The summed E-state index contributed by atoms with van der Waals surface area (Å²) in [6.07, 6.45) is 5.64. The van der Waals surface area contributed by atoms with Gasteiger partial charge in [-0.25, -0.2) is 14.8 Å². The average Bonchev–Trinajstić information content (AvgIpc) is 2.78. The third kappa shape index (κ3) is 5.99. The summed E-state index contributed by atoms with van der Waals surface area (Å²) in [7, 11) is 0. The number of amides is 2. The van der Waals surface area contributed by atoms with E-state index < -0.39 is 24.5 Å². The van der Waals surface area contributed by atoms with Crippen molar-refractivity contribution in [3.05, 3.63) is 47.2 Å². The van der Waals surface area contributed by atoms with Gasteiger partial charge in [-0.15, -0.1) is 0 Å². The number of hydrogen-bond donors (Lipinski definition) is 2. The van der Waals surface area contributed by atoms with Crippen LogP contribution in [-0.2, 0) is 19.1 Å². The van der Waals surface area contributed by atoms with Crippen LogP contribution in [0.15, 0.2) is 47.2 Å². The number of piperidine rings is 1. The first-order chi connectivity index (χ1) is 14.5. The molecule has 0 saturated carbocycles. The van der Waals surface area contributed by atoms with Crippen LogP contribution in [0.3, 0.4) is 0 Å². The van der Waals surface area contributed by atoms with E-state index in [1.807, 2.05) is 6.07 Å². The Hall–Kier alpha value is -3.01. The molecule has 1 aliphatic heterocycles. The molecule has 1 fully saturated rings. The van der Waals surface area contributed by atoms with Crippen LogP contribution < -0.4 is 15.5 Å². The van der Waals surface area contributed by atoms with Crippen LogP contribution in [0.4, 0.5) is 11.6 Å². The van der Waals surface area contributed by atoms with Crippen molar-refractivity contribution in [2.24, 2.45) is 0 Å². The molecule has 2 amide bonds. The normalized spacial score (nSPS) is 15.9. The van der Waals surface area contributed by atoms with E-state index in [0.29, 0.717) is 24.6 Å². The molecule has 0 radical (unpaired) electrons. The van der Waals surface area contributed by atoms with Crippen LogP contribution in [-0.4, -0.2) is 53.5 Å². The van der Waals surface area contributed by atoms with Crippen LogP contribution in [0, 0.1) is 0 Å². The van der Waals surface area contributed by atoms with Crippen molar-refractivity contribution in [1.82, 2.24) is 15.3 Å². The lowest BCUT2D eigenvalue weighted by Crippen LogP contribution is -2.47. The van der Waals surface area contributed by atoms with E-state index in [1.165, 1.54) is 0 Å². The Morgan fingerprint density at radius 3 is 2.63 bits per heavy atom. The summed E-state index contributed by atoms with van der Waals surface area (Å²) in [6, 6.07) is 8.31. The molecular weight excluding hydrogens is 454 g/mol. The molecule has 2 N–H and O–H groups in total. The number of carbonyl (C=O) groups excluding carboxylic acids is 3. The lowest BCUT2D eigenvalue weighted by molar-refractivity contribution is -0.150. The van der Waals surface area contributed by atoms with Gasteiger partial charge in [-0.2, -0.15) is 0 Å². The second-order valence-electron chi connectivity index (χ2n) is 6.67. The summed E-state index contributed by atoms with van der Waals surface area (Å²) >= 11 is 3.33. The fourth-order valence-corrected chi connectivity index (χ4v) is 3.46. The van der Waals surface area contributed by atoms with Gasteiger partial charge in [0.2, 0.25) is 11.9 Å². The molecule has 1 aromatic heterocycles. The molecule has 1 unspecified atom stereocenters. The Bertz CT molecular complexity index is 896. The Labute approximate surface area is 182 Å². The molecule has 9 nitrogen and oxygen atoms in total. The highest BCUT2D eigenvalue weighted by Gasteiger charge is 2.32. The van der Waals surface area contributed by atoms with E-state index in [9.17, 15) is 14.4 Å². The molecular formula is C20H22BrN5O4. The summed E-state index contributed by atoms with van der Waals surface area (Å²) in [6.45, 7) is -0.0442. The quantitative estimate of drug-likeness (QED) is 0.587. The summed E-state index contributed by atoms with van der Waals surface area (Å²) in [4.78, 5) is 46.7. The molecule has 0 spiro atoms. The number of hydrogen-bond acceptors (Lipinski definition) is 7. The predicted molar refractivity (Wildman–Crippen MR) is 114 cm³/mol. The van der Waals surface area contributed by atoms with Gasteiger partial charge in [0, 0.05) is 23.4 Å². The van der Waals surface area contributed by atoms with Gasteiger partial charge in [0.25, 0.3) is 5.91 Å². The van der Waals surface area contributed by atoms with Gasteiger partial charge < -0.3 is 20.3 Å². The zero-order valence-electron chi connectivity index (χ0n) is 16.2. The van der Waals surface area contributed by atoms with E-state index in [0.717, 1.165) is 17.3 Å². The number of rotatable bonds is 7. The molecule has 10 heteroatoms. The lowest BCUT2D eigenvalue weighted by atomic mass is 10.0. The van der Waals surface area contributed by atoms with E-state index in [4.69, 9.17) is 4.74 Å². The van der Waals surface area contributed by atoms with Gasteiger partial charge in [0.15, 0.2) is 6.61 Å².